The Labute approximate surface area is 115 Å². The molecular weight excluding hydrogens is 260 g/mol. The van der Waals surface area contributed by atoms with Gasteiger partial charge in [0.1, 0.15) is 15.2 Å². The zero-order valence-corrected chi connectivity index (χ0v) is 11.6. The summed E-state index contributed by atoms with van der Waals surface area (Å²) in [6.07, 6.45) is 6.54. The summed E-state index contributed by atoms with van der Waals surface area (Å²) in [5.74, 6) is 0.0227. The topological polar surface area (TPSA) is 72.1 Å². The molecule has 2 aromatic rings. The van der Waals surface area contributed by atoms with E-state index < -0.39 is 0 Å². The molecule has 3 rings (SSSR count). The summed E-state index contributed by atoms with van der Waals surface area (Å²) >= 11 is 1.34. The van der Waals surface area contributed by atoms with Gasteiger partial charge < -0.3 is 10.6 Å². The second-order valence-electron chi connectivity index (χ2n) is 4.90. The van der Waals surface area contributed by atoms with Gasteiger partial charge in [0.2, 0.25) is 0 Å². The van der Waals surface area contributed by atoms with Gasteiger partial charge in [0.05, 0.1) is 5.69 Å². The first kappa shape index (κ1) is 12.3. The third-order valence-electron chi connectivity index (χ3n) is 3.62. The maximum absolute atomic E-state index is 12.6. The van der Waals surface area contributed by atoms with Crippen molar-refractivity contribution in [2.24, 2.45) is 0 Å². The summed E-state index contributed by atoms with van der Waals surface area (Å²) in [4.78, 5) is 24.2. The second kappa shape index (κ2) is 4.77. The van der Waals surface area contributed by atoms with Crippen molar-refractivity contribution in [3.05, 3.63) is 17.3 Å². The van der Waals surface area contributed by atoms with Crippen LogP contribution >= 0.6 is 11.3 Å². The molecule has 19 heavy (non-hydrogen) atoms. The predicted molar refractivity (Wildman–Crippen MR) is 76.2 cm³/mol. The van der Waals surface area contributed by atoms with E-state index in [0.29, 0.717) is 16.1 Å². The molecule has 3 heterocycles. The average molecular weight is 276 g/mol. The number of nitrogen functional groups attached to an aromatic ring is 1. The summed E-state index contributed by atoms with van der Waals surface area (Å²) in [6.45, 7) is 2.91. The van der Waals surface area contributed by atoms with E-state index >= 15 is 0 Å². The van der Waals surface area contributed by atoms with Crippen molar-refractivity contribution in [3.63, 3.8) is 0 Å². The molecule has 0 saturated carbocycles. The number of hydrogen-bond donors (Lipinski definition) is 1. The van der Waals surface area contributed by atoms with Crippen LogP contribution in [0.15, 0.2) is 12.4 Å². The molecule has 1 amide bonds. The summed E-state index contributed by atoms with van der Waals surface area (Å²) in [7, 11) is 0. The lowest BCUT2D eigenvalue weighted by Crippen LogP contribution is -2.41. The number of nitrogens with zero attached hydrogens (tertiary/aromatic N) is 3. The van der Waals surface area contributed by atoms with Crippen LogP contribution in [0.25, 0.3) is 10.3 Å². The first-order chi connectivity index (χ1) is 9.18. The van der Waals surface area contributed by atoms with Crippen molar-refractivity contribution in [2.45, 2.75) is 32.2 Å². The SMILES string of the molecule is CC1CCCCN1C(=O)c1sc2nccnc2c1N. The van der Waals surface area contributed by atoms with Gasteiger partial charge in [0.15, 0.2) is 0 Å². The van der Waals surface area contributed by atoms with Crippen molar-refractivity contribution in [1.82, 2.24) is 14.9 Å². The van der Waals surface area contributed by atoms with E-state index in [1.807, 2.05) is 4.90 Å². The standard InChI is InChI=1S/C13H16N4OS/c1-8-4-2-3-7-17(8)13(18)11-9(14)10-12(19-11)16-6-5-15-10/h5-6,8H,2-4,7,14H2,1H3. The third kappa shape index (κ3) is 2.06. The number of fused-ring (bicyclic) bond motifs is 1. The fourth-order valence-corrected chi connectivity index (χ4v) is 3.51. The Bertz CT molecular complexity index is 624. The van der Waals surface area contributed by atoms with Crippen LogP contribution in [0.5, 0.6) is 0 Å². The second-order valence-corrected chi connectivity index (χ2v) is 5.90. The number of aromatic nitrogens is 2. The van der Waals surface area contributed by atoms with Gasteiger partial charge in [-0.2, -0.15) is 0 Å². The number of anilines is 1. The molecule has 1 aliphatic rings. The molecule has 1 unspecified atom stereocenters. The lowest BCUT2D eigenvalue weighted by atomic mass is 10.0. The quantitative estimate of drug-likeness (QED) is 0.867. The van der Waals surface area contributed by atoms with Gasteiger partial charge in [-0.1, -0.05) is 0 Å². The number of thiophene rings is 1. The Morgan fingerprint density at radius 1 is 1.42 bits per heavy atom. The van der Waals surface area contributed by atoms with Gasteiger partial charge in [-0.15, -0.1) is 11.3 Å². The molecule has 2 N–H and O–H groups in total. The number of nitrogens with two attached hydrogens (primary N) is 1. The van der Waals surface area contributed by atoms with Gasteiger partial charge in [0, 0.05) is 25.0 Å². The Balaban J connectivity index is 1.99. The number of piperidine rings is 1. The van der Waals surface area contributed by atoms with Crippen LogP contribution in [-0.4, -0.2) is 33.4 Å². The van der Waals surface area contributed by atoms with E-state index in [1.165, 1.54) is 17.8 Å². The average Bonchev–Trinajstić information content (AvgIpc) is 2.77. The van der Waals surface area contributed by atoms with Gasteiger partial charge in [-0.05, 0) is 26.2 Å². The molecule has 2 aromatic heterocycles. The summed E-state index contributed by atoms with van der Waals surface area (Å²) in [5.41, 5.74) is 7.16. The van der Waals surface area contributed by atoms with Crippen LogP contribution in [-0.2, 0) is 0 Å². The van der Waals surface area contributed by atoms with Gasteiger partial charge in [-0.3, -0.25) is 4.79 Å². The third-order valence-corrected chi connectivity index (χ3v) is 4.71. The molecule has 0 aromatic carbocycles. The number of carbonyl (C=O) groups excluding carboxylic acids is 1. The summed E-state index contributed by atoms with van der Waals surface area (Å²) < 4.78 is 0. The van der Waals surface area contributed by atoms with Crippen LogP contribution in [0.4, 0.5) is 5.69 Å². The summed E-state index contributed by atoms with van der Waals surface area (Å²) in [6, 6.07) is 0.284. The zero-order valence-electron chi connectivity index (χ0n) is 10.8. The molecular formula is C13H16N4OS. The largest absolute Gasteiger partial charge is 0.396 e. The molecule has 0 radical (unpaired) electrons. The molecule has 1 atom stereocenters. The highest BCUT2D eigenvalue weighted by atomic mass is 32.1. The van der Waals surface area contributed by atoms with E-state index in [4.69, 9.17) is 5.73 Å². The van der Waals surface area contributed by atoms with E-state index in [2.05, 4.69) is 16.9 Å². The maximum Gasteiger partial charge on any atom is 0.266 e. The van der Waals surface area contributed by atoms with Crippen molar-refractivity contribution in [3.8, 4) is 0 Å². The Kier molecular flexibility index (Phi) is 3.10. The molecule has 0 spiro atoms. The van der Waals surface area contributed by atoms with Crippen LogP contribution < -0.4 is 5.73 Å². The first-order valence-corrected chi connectivity index (χ1v) is 7.30. The van der Waals surface area contributed by atoms with Crippen molar-refractivity contribution >= 4 is 33.3 Å². The lowest BCUT2D eigenvalue weighted by molar-refractivity contribution is 0.0642. The molecule has 100 valence electrons. The number of carbonyl (C=O) groups is 1. The molecule has 1 saturated heterocycles. The Hall–Kier alpha value is -1.69. The Morgan fingerprint density at radius 3 is 2.95 bits per heavy atom. The number of amides is 1. The fraction of sp³-hybridized carbons (Fsp3) is 0.462. The number of likely N-dealkylation sites (tertiary alicyclic amines) is 1. The monoisotopic (exact) mass is 276 g/mol. The first-order valence-electron chi connectivity index (χ1n) is 6.48. The fourth-order valence-electron chi connectivity index (χ4n) is 2.53. The van der Waals surface area contributed by atoms with E-state index in [0.717, 1.165) is 24.2 Å². The van der Waals surface area contributed by atoms with E-state index in [9.17, 15) is 4.79 Å². The highest BCUT2D eigenvalue weighted by Gasteiger charge is 2.28. The molecule has 0 bridgehead atoms. The lowest BCUT2D eigenvalue weighted by Gasteiger charge is -2.33. The highest BCUT2D eigenvalue weighted by molar-refractivity contribution is 7.21. The van der Waals surface area contributed by atoms with Crippen LogP contribution in [0.3, 0.4) is 0 Å². The number of hydrogen-bond acceptors (Lipinski definition) is 5. The van der Waals surface area contributed by atoms with E-state index in [1.54, 1.807) is 12.4 Å². The molecule has 5 nitrogen and oxygen atoms in total. The minimum absolute atomic E-state index is 0.0227. The molecule has 1 fully saturated rings. The van der Waals surface area contributed by atoms with Gasteiger partial charge in [-0.25, -0.2) is 9.97 Å². The Morgan fingerprint density at radius 2 is 2.21 bits per heavy atom. The minimum atomic E-state index is 0.0227. The van der Waals surface area contributed by atoms with Crippen LogP contribution in [0.2, 0.25) is 0 Å². The summed E-state index contributed by atoms with van der Waals surface area (Å²) in [5, 5.41) is 0. The van der Waals surface area contributed by atoms with Crippen LogP contribution in [0.1, 0.15) is 35.9 Å². The van der Waals surface area contributed by atoms with Crippen molar-refractivity contribution < 1.29 is 4.79 Å². The molecule has 0 aliphatic carbocycles. The van der Waals surface area contributed by atoms with Gasteiger partial charge >= 0.3 is 0 Å². The molecule has 6 heteroatoms. The maximum atomic E-state index is 12.6. The predicted octanol–water partition coefficient (Wildman–Crippen LogP) is 2.29. The minimum Gasteiger partial charge on any atom is -0.396 e. The number of rotatable bonds is 1. The van der Waals surface area contributed by atoms with E-state index in [-0.39, 0.29) is 11.9 Å². The van der Waals surface area contributed by atoms with Crippen molar-refractivity contribution in [1.29, 1.82) is 0 Å². The van der Waals surface area contributed by atoms with Crippen LogP contribution in [0, 0.1) is 0 Å². The smallest absolute Gasteiger partial charge is 0.266 e. The molecule has 1 aliphatic heterocycles. The normalized spacial score (nSPS) is 19.8. The zero-order chi connectivity index (χ0) is 13.4. The van der Waals surface area contributed by atoms with Gasteiger partial charge in [0.25, 0.3) is 5.91 Å². The highest BCUT2D eigenvalue weighted by Crippen LogP contribution is 2.32. The van der Waals surface area contributed by atoms with Crippen molar-refractivity contribution in [2.75, 3.05) is 12.3 Å².